The Labute approximate surface area is 75.5 Å². The summed E-state index contributed by atoms with van der Waals surface area (Å²) in [5, 5.41) is 0. The molecule has 1 unspecified atom stereocenters. The molecule has 2 nitrogen and oxygen atoms in total. The summed E-state index contributed by atoms with van der Waals surface area (Å²) >= 11 is 0. The Morgan fingerprint density at radius 3 is 2.17 bits per heavy atom. The van der Waals surface area contributed by atoms with E-state index in [0.717, 1.165) is 25.7 Å². The molecule has 0 saturated heterocycles. The van der Waals surface area contributed by atoms with Crippen molar-refractivity contribution < 1.29 is 4.79 Å². The molecular formula is C10H20NO. The fourth-order valence-electron chi connectivity index (χ4n) is 1.29. The molecule has 0 bridgehead atoms. The maximum absolute atomic E-state index is 10.8. The fourth-order valence-corrected chi connectivity index (χ4v) is 1.29. The van der Waals surface area contributed by atoms with Crippen LogP contribution in [0.3, 0.4) is 0 Å². The number of carbonyl (C=O) groups excluding carboxylic acids is 1. The van der Waals surface area contributed by atoms with Crippen molar-refractivity contribution in [1.29, 1.82) is 0 Å². The third kappa shape index (κ3) is 5.16. The highest BCUT2D eigenvalue weighted by atomic mass is 16.1. The number of hydrogen-bond donors (Lipinski definition) is 0. The Morgan fingerprint density at radius 2 is 1.83 bits per heavy atom. The second-order valence-corrected chi connectivity index (χ2v) is 3.82. The van der Waals surface area contributed by atoms with Gasteiger partial charge >= 0.3 is 0 Å². The van der Waals surface area contributed by atoms with Crippen LogP contribution in [0.5, 0.6) is 0 Å². The van der Waals surface area contributed by atoms with Crippen LogP contribution < -0.4 is 5.73 Å². The van der Waals surface area contributed by atoms with Crippen molar-refractivity contribution >= 4 is 5.91 Å². The standard InChI is InChI=1S/C10H20NO/c1-4-5-9(10(11)12)7-6-8(2)3/h8-9,11H,4-7H2,1-3H3. The molecule has 0 rings (SSSR count). The summed E-state index contributed by atoms with van der Waals surface area (Å²) in [7, 11) is 0. The summed E-state index contributed by atoms with van der Waals surface area (Å²) in [4.78, 5) is 10.8. The molecule has 1 radical (unpaired) electrons. The highest BCUT2D eigenvalue weighted by Crippen LogP contribution is 2.16. The summed E-state index contributed by atoms with van der Waals surface area (Å²) in [5.74, 6) is 0.263. The molecule has 1 N–H and O–H groups in total. The molecule has 0 aliphatic heterocycles. The van der Waals surface area contributed by atoms with Crippen molar-refractivity contribution in [2.75, 3.05) is 0 Å². The molecule has 2 heteroatoms. The van der Waals surface area contributed by atoms with Gasteiger partial charge in [0.25, 0.3) is 0 Å². The van der Waals surface area contributed by atoms with Crippen molar-refractivity contribution in [2.45, 2.75) is 46.5 Å². The second-order valence-electron chi connectivity index (χ2n) is 3.82. The molecule has 71 valence electrons. The second kappa shape index (κ2) is 6.04. The molecule has 0 aliphatic rings. The first-order chi connectivity index (χ1) is 5.57. The summed E-state index contributed by atoms with van der Waals surface area (Å²) in [6.45, 7) is 6.36. The van der Waals surface area contributed by atoms with Crippen LogP contribution in [0.2, 0.25) is 0 Å². The van der Waals surface area contributed by atoms with Crippen LogP contribution in [0, 0.1) is 11.8 Å². The summed E-state index contributed by atoms with van der Waals surface area (Å²) in [5.41, 5.74) is 7.04. The van der Waals surface area contributed by atoms with Gasteiger partial charge in [-0.1, -0.05) is 33.6 Å². The smallest absolute Gasteiger partial charge is 0.241 e. The van der Waals surface area contributed by atoms with Crippen LogP contribution >= 0.6 is 0 Å². The zero-order valence-electron chi connectivity index (χ0n) is 8.39. The SMILES string of the molecule is CCCC(CCC(C)C)C([NH])=O. The average molecular weight is 170 g/mol. The number of amides is 1. The van der Waals surface area contributed by atoms with E-state index in [0.29, 0.717) is 5.92 Å². The number of nitrogens with one attached hydrogen (secondary N) is 1. The molecule has 0 aromatic rings. The maximum atomic E-state index is 10.8. The van der Waals surface area contributed by atoms with Gasteiger partial charge in [0.05, 0.1) is 0 Å². The predicted molar refractivity (Wildman–Crippen MR) is 50.6 cm³/mol. The van der Waals surface area contributed by atoms with Crippen molar-refractivity contribution in [1.82, 2.24) is 5.73 Å². The topological polar surface area (TPSA) is 40.9 Å². The summed E-state index contributed by atoms with van der Waals surface area (Å²) in [6.07, 6.45) is 3.85. The monoisotopic (exact) mass is 170 g/mol. The quantitative estimate of drug-likeness (QED) is 0.604. The van der Waals surface area contributed by atoms with Gasteiger partial charge in [-0.2, -0.15) is 0 Å². The molecule has 0 heterocycles. The van der Waals surface area contributed by atoms with E-state index >= 15 is 0 Å². The van der Waals surface area contributed by atoms with Crippen LogP contribution in [0.1, 0.15) is 46.5 Å². The molecule has 0 aliphatic carbocycles. The molecule has 0 aromatic heterocycles. The average Bonchev–Trinajstić information content (AvgIpc) is 1.96. The predicted octanol–water partition coefficient (Wildman–Crippen LogP) is 2.65. The summed E-state index contributed by atoms with van der Waals surface area (Å²) < 4.78 is 0. The van der Waals surface area contributed by atoms with Gasteiger partial charge in [-0.25, -0.2) is 0 Å². The van der Waals surface area contributed by atoms with Crippen LogP contribution in [0.25, 0.3) is 0 Å². The lowest BCUT2D eigenvalue weighted by atomic mass is 9.94. The molecule has 0 spiro atoms. The Bertz CT molecular complexity index is 132. The van der Waals surface area contributed by atoms with E-state index in [1.807, 2.05) is 0 Å². The van der Waals surface area contributed by atoms with Crippen LogP contribution in [-0.2, 0) is 4.79 Å². The molecule has 1 amide bonds. The molecule has 12 heavy (non-hydrogen) atoms. The van der Waals surface area contributed by atoms with Gasteiger partial charge < -0.3 is 0 Å². The Morgan fingerprint density at radius 1 is 1.25 bits per heavy atom. The minimum Gasteiger partial charge on any atom is -0.273 e. The van der Waals surface area contributed by atoms with E-state index in [-0.39, 0.29) is 11.8 Å². The minimum absolute atomic E-state index is 0.00241. The highest BCUT2D eigenvalue weighted by molar-refractivity contribution is 5.75. The minimum atomic E-state index is -0.377. The van der Waals surface area contributed by atoms with Gasteiger partial charge in [0, 0.05) is 5.92 Å². The van der Waals surface area contributed by atoms with Gasteiger partial charge in [-0.05, 0) is 18.8 Å². The lowest BCUT2D eigenvalue weighted by Crippen LogP contribution is -2.15. The first-order valence-electron chi connectivity index (χ1n) is 4.83. The van der Waals surface area contributed by atoms with E-state index < -0.39 is 0 Å². The van der Waals surface area contributed by atoms with Gasteiger partial charge in [0.15, 0.2) is 0 Å². The van der Waals surface area contributed by atoms with Gasteiger partial charge in [-0.15, -0.1) is 0 Å². The number of hydrogen-bond acceptors (Lipinski definition) is 1. The molecule has 1 atom stereocenters. The zero-order valence-corrected chi connectivity index (χ0v) is 8.39. The Kier molecular flexibility index (Phi) is 5.77. The van der Waals surface area contributed by atoms with Crippen molar-refractivity contribution in [3.05, 3.63) is 0 Å². The summed E-state index contributed by atoms with van der Waals surface area (Å²) in [6, 6.07) is 0. The van der Waals surface area contributed by atoms with E-state index in [1.165, 1.54) is 0 Å². The van der Waals surface area contributed by atoms with Crippen LogP contribution in [0.15, 0.2) is 0 Å². The fraction of sp³-hybridized carbons (Fsp3) is 0.900. The maximum Gasteiger partial charge on any atom is 0.241 e. The normalized spacial score (nSPS) is 13.3. The van der Waals surface area contributed by atoms with E-state index in [4.69, 9.17) is 5.73 Å². The van der Waals surface area contributed by atoms with Crippen LogP contribution in [0.4, 0.5) is 0 Å². The third-order valence-electron chi connectivity index (χ3n) is 2.10. The lowest BCUT2D eigenvalue weighted by molar-refractivity contribution is -0.122. The molecular weight excluding hydrogens is 150 g/mol. The van der Waals surface area contributed by atoms with E-state index in [9.17, 15) is 4.79 Å². The van der Waals surface area contributed by atoms with Crippen molar-refractivity contribution in [3.8, 4) is 0 Å². The number of rotatable bonds is 6. The largest absolute Gasteiger partial charge is 0.273 e. The molecule has 0 fully saturated rings. The van der Waals surface area contributed by atoms with Gasteiger partial charge in [-0.3, -0.25) is 10.5 Å². The highest BCUT2D eigenvalue weighted by Gasteiger charge is 2.14. The Balaban J connectivity index is 3.71. The van der Waals surface area contributed by atoms with E-state index in [2.05, 4.69) is 20.8 Å². The number of carbonyl (C=O) groups is 1. The van der Waals surface area contributed by atoms with Gasteiger partial charge in [0.1, 0.15) is 0 Å². The van der Waals surface area contributed by atoms with Crippen molar-refractivity contribution in [3.63, 3.8) is 0 Å². The first-order valence-corrected chi connectivity index (χ1v) is 4.83. The lowest BCUT2D eigenvalue weighted by Gasteiger charge is -2.12. The first kappa shape index (κ1) is 11.5. The van der Waals surface area contributed by atoms with E-state index in [1.54, 1.807) is 0 Å². The molecule has 0 saturated carbocycles. The Hall–Kier alpha value is -0.530. The third-order valence-corrected chi connectivity index (χ3v) is 2.10. The van der Waals surface area contributed by atoms with Crippen LogP contribution in [-0.4, -0.2) is 5.91 Å². The molecule has 0 aromatic carbocycles. The zero-order chi connectivity index (χ0) is 9.56. The van der Waals surface area contributed by atoms with Gasteiger partial charge in [0.2, 0.25) is 5.91 Å². The van der Waals surface area contributed by atoms with Crippen molar-refractivity contribution in [2.24, 2.45) is 11.8 Å².